The lowest BCUT2D eigenvalue weighted by Gasteiger charge is -2.07. The van der Waals surface area contributed by atoms with E-state index >= 15 is 0 Å². The maximum Gasteiger partial charge on any atom is 0.223 e. The highest BCUT2D eigenvalue weighted by atomic mass is 15.1. The standard InChI is InChI=1S/C10H19N5/c1-3-4-5-6-13-9-7-8(12-2)14-10(11)15-9/h7H,3-6H2,1-2H3,(H4,11,12,13,14,15). The molecule has 0 saturated carbocycles. The Morgan fingerprint density at radius 3 is 2.67 bits per heavy atom. The van der Waals surface area contributed by atoms with Gasteiger partial charge in [-0.3, -0.25) is 0 Å². The van der Waals surface area contributed by atoms with Crippen LogP contribution < -0.4 is 16.4 Å². The van der Waals surface area contributed by atoms with Crippen molar-refractivity contribution in [2.24, 2.45) is 0 Å². The lowest BCUT2D eigenvalue weighted by Crippen LogP contribution is -2.07. The Morgan fingerprint density at radius 1 is 1.27 bits per heavy atom. The van der Waals surface area contributed by atoms with Crippen molar-refractivity contribution < 1.29 is 0 Å². The van der Waals surface area contributed by atoms with Crippen LogP contribution in [-0.4, -0.2) is 23.6 Å². The average molecular weight is 209 g/mol. The topological polar surface area (TPSA) is 75.9 Å². The van der Waals surface area contributed by atoms with Crippen LogP contribution in [0.5, 0.6) is 0 Å². The molecular weight excluding hydrogens is 190 g/mol. The number of rotatable bonds is 6. The summed E-state index contributed by atoms with van der Waals surface area (Å²) in [6, 6.07) is 1.85. The van der Waals surface area contributed by atoms with Gasteiger partial charge in [0.05, 0.1) is 0 Å². The highest BCUT2D eigenvalue weighted by Crippen LogP contribution is 2.11. The number of unbranched alkanes of at least 4 members (excludes halogenated alkanes) is 2. The second-order valence-corrected chi connectivity index (χ2v) is 3.38. The first-order valence-corrected chi connectivity index (χ1v) is 5.32. The van der Waals surface area contributed by atoms with Gasteiger partial charge in [-0.25, -0.2) is 0 Å². The van der Waals surface area contributed by atoms with Crippen LogP contribution in [0.1, 0.15) is 26.2 Å². The minimum absolute atomic E-state index is 0.292. The third-order valence-corrected chi connectivity index (χ3v) is 2.09. The molecule has 1 aromatic rings. The molecule has 0 bridgehead atoms. The molecule has 0 aliphatic heterocycles. The fourth-order valence-electron chi connectivity index (χ4n) is 1.28. The van der Waals surface area contributed by atoms with Crippen LogP contribution in [0.15, 0.2) is 6.07 Å². The summed E-state index contributed by atoms with van der Waals surface area (Å²) in [6.45, 7) is 3.11. The summed E-state index contributed by atoms with van der Waals surface area (Å²) in [6.07, 6.45) is 3.59. The van der Waals surface area contributed by atoms with Gasteiger partial charge >= 0.3 is 0 Å². The Hall–Kier alpha value is -1.52. The Bertz CT molecular complexity index is 300. The molecular formula is C10H19N5. The van der Waals surface area contributed by atoms with E-state index in [0.29, 0.717) is 5.95 Å². The van der Waals surface area contributed by atoms with Gasteiger partial charge in [0.15, 0.2) is 0 Å². The van der Waals surface area contributed by atoms with Crippen LogP contribution in [0.25, 0.3) is 0 Å². The van der Waals surface area contributed by atoms with Gasteiger partial charge in [0, 0.05) is 19.7 Å². The summed E-state index contributed by atoms with van der Waals surface area (Å²) < 4.78 is 0. The lowest BCUT2D eigenvalue weighted by molar-refractivity contribution is 0.742. The number of nitrogen functional groups attached to an aromatic ring is 1. The number of nitrogens with one attached hydrogen (secondary N) is 2. The van der Waals surface area contributed by atoms with E-state index in [1.807, 2.05) is 13.1 Å². The smallest absolute Gasteiger partial charge is 0.223 e. The number of hydrogen-bond acceptors (Lipinski definition) is 5. The van der Waals surface area contributed by atoms with Crippen molar-refractivity contribution in [3.8, 4) is 0 Å². The second-order valence-electron chi connectivity index (χ2n) is 3.38. The fraction of sp³-hybridized carbons (Fsp3) is 0.600. The average Bonchev–Trinajstić information content (AvgIpc) is 2.23. The van der Waals surface area contributed by atoms with Crippen molar-refractivity contribution >= 4 is 17.6 Å². The SMILES string of the molecule is CCCCCNc1cc(NC)nc(N)n1. The van der Waals surface area contributed by atoms with Crippen LogP contribution in [0.3, 0.4) is 0 Å². The molecule has 1 aromatic heterocycles. The van der Waals surface area contributed by atoms with Crippen molar-refractivity contribution in [2.45, 2.75) is 26.2 Å². The van der Waals surface area contributed by atoms with Gasteiger partial charge in [0.2, 0.25) is 5.95 Å². The van der Waals surface area contributed by atoms with Gasteiger partial charge < -0.3 is 16.4 Å². The second kappa shape index (κ2) is 6.06. The van der Waals surface area contributed by atoms with Crippen LogP contribution in [0.2, 0.25) is 0 Å². The van der Waals surface area contributed by atoms with E-state index in [9.17, 15) is 0 Å². The Balaban J connectivity index is 2.49. The van der Waals surface area contributed by atoms with Crippen molar-refractivity contribution in [1.82, 2.24) is 9.97 Å². The number of hydrogen-bond donors (Lipinski definition) is 3. The normalized spacial score (nSPS) is 10.0. The molecule has 84 valence electrons. The van der Waals surface area contributed by atoms with Crippen molar-refractivity contribution in [1.29, 1.82) is 0 Å². The third kappa shape index (κ3) is 4.01. The summed E-state index contributed by atoms with van der Waals surface area (Å²) >= 11 is 0. The number of anilines is 3. The highest BCUT2D eigenvalue weighted by molar-refractivity contribution is 5.50. The van der Waals surface area contributed by atoms with Gasteiger partial charge in [0.25, 0.3) is 0 Å². The molecule has 0 unspecified atom stereocenters. The molecule has 0 aromatic carbocycles. The van der Waals surface area contributed by atoms with E-state index in [-0.39, 0.29) is 0 Å². The van der Waals surface area contributed by atoms with E-state index in [4.69, 9.17) is 5.73 Å². The Labute approximate surface area is 90.5 Å². The monoisotopic (exact) mass is 209 g/mol. The van der Waals surface area contributed by atoms with Gasteiger partial charge in [-0.1, -0.05) is 19.8 Å². The zero-order valence-electron chi connectivity index (χ0n) is 9.38. The number of aromatic nitrogens is 2. The van der Waals surface area contributed by atoms with Crippen molar-refractivity contribution in [3.05, 3.63) is 6.07 Å². The van der Waals surface area contributed by atoms with Crippen LogP contribution in [0.4, 0.5) is 17.6 Å². The third-order valence-electron chi connectivity index (χ3n) is 2.09. The van der Waals surface area contributed by atoms with Crippen LogP contribution in [0, 0.1) is 0 Å². The van der Waals surface area contributed by atoms with Crippen molar-refractivity contribution in [2.75, 3.05) is 30.0 Å². The number of nitrogens with zero attached hydrogens (tertiary/aromatic N) is 2. The molecule has 5 heteroatoms. The molecule has 0 spiro atoms. The molecule has 1 heterocycles. The molecule has 0 amide bonds. The van der Waals surface area contributed by atoms with E-state index in [1.54, 1.807) is 0 Å². The first kappa shape index (κ1) is 11.6. The first-order valence-electron chi connectivity index (χ1n) is 5.32. The summed E-state index contributed by atoms with van der Waals surface area (Å²) in [4.78, 5) is 8.11. The van der Waals surface area contributed by atoms with E-state index < -0.39 is 0 Å². The van der Waals surface area contributed by atoms with E-state index in [0.717, 1.165) is 24.6 Å². The van der Waals surface area contributed by atoms with Crippen LogP contribution >= 0.6 is 0 Å². The van der Waals surface area contributed by atoms with Gasteiger partial charge in [-0.15, -0.1) is 0 Å². The zero-order chi connectivity index (χ0) is 11.1. The first-order chi connectivity index (χ1) is 7.26. The lowest BCUT2D eigenvalue weighted by atomic mass is 10.2. The maximum absolute atomic E-state index is 5.56. The van der Waals surface area contributed by atoms with E-state index in [2.05, 4.69) is 27.5 Å². The highest BCUT2D eigenvalue weighted by Gasteiger charge is 1.99. The summed E-state index contributed by atoms with van der Waals surface area (Å²) in [5.41, 5.74) is 5.56. The predicted molar refractivity (Wildman–Crippen MR) is 64.0 cm³/mol. The summed E-state index contributed by atoms with van der Waals surface area (Å²) in [7, 11) is 1.81. The molecule has 0 radical (unpaired) electrons. The molecule has 0 saturated heterocycles. The largest absolute Gasteiger partial charge is 0.373 e. The Morgan fingerprint density at radius 2 is 2.00 bits per heavy atom. The number of nitrogens with two attached hydrogens (primary N) is 1. The molecule has 0 fully saturated rings. The molecule has 0 atom stereocenters. The molecule has 15 heavy (non-hydrogen) atoms. The summed E-state index contributed by atoms with van der Waals surface area (Å²) in [5, 5.41) is 6.16. The molecule has 4 N–H and O–H groups in total. The quantitative estimate of drug-likeness (QED) is 0.622. The van der Waals surface area contributed by atoms with Gasteiger partial charge in [-0.2, -0.15) is 9.97 Å². The van der Waals surface area contributed by atoms with Crippen molar-refractivity contribution in [3.63, 3.8) is 0 Å². The minimum Gasteiger partial charge on any atom is -0.373 e. The zero-order valence-corrected chi connectivity index (χ0v) is 9.38. The molecule has 5 nitrogen and oxygen atoms in total. The molecule has 0 aliphatic rings. The van der Waals surface area contributed by atoms with Crippen LogP contribution in [-0.2, 0) is 0 Å². The fourth-order valence-corrected chi connectivity index (χ4v) is 1.28. The summed E-state index contributed by atoms with van der Waals surface area (Å²) in [5.74, 6) is 1.81. The minimum atomic E-state index is 0.292. The molecule has 0 aliphatic carbocycles. The predicted octanol–water partition coefficient (Wildman–Crippen LogP) is 1.70. The van der Waals surface area contributed by atoms with E-state index in [1.165, 1.54) is 12.8 Å². The molecule has 1 rings (SSSR count). The van der Waals surface area contributed by atoms with Gasteiger partial charge in [-0.05, 0) is 6.42 Å². The Kier molecular flexibility index (Phi) is 4.66. The maximum atomic E-state index is 5.56. The van der Waals surface area contributed by atoms with Gasteiger partial charge in [0.1, 0.15) is 11.6 Å².